The van der Waals surface area contributed by atoms with E-state index in [2.05, 4.69) is 28.5 Å². The first kappa shape index (κ1) is 18.2. The third-order valence-corrected chi connectivity index (χ3v) is 5.31. The summed E-state index contributed by atoms with van der Waals surface area (Å²) < 4.78 is 1.93. The normalized spacial score (nSPS) is 10.7. The van der Waals surface area contributed by atoms with Crippen molar-refractivity contribution in [3.63, 3.8) is 0 Å². The monoisotopic (exact) mass is 366 g/mol. The molecule has 1 aromatic heterocycles. The van der Waals surface area contributed by atoms with E-state index in [0.29, 0.717) is 12.3 Å². The number of aromatic nitrogens is 3. The predicted octanol–water partition coefficient (Wildman–Crippen LogP) is 3.51. The van der Waals surface area contributed by atoms with E-state index in [1.807, 2.05) is 61.0 Å². The summed E-state index contributed by atoms with van der Waals surface area (Å²) in [5.41, 5.74) is 4.51. The van der Waals surface area contributed by atoms with Gasteiger partial charge in [0.25, 0.3) is 0 Å². The van der Waals surface area contributed by atoms with Gasteiger partial charge in [0, 0.05) is 19.2 Å². The summed E-state index contributed by atoms with van der Waals surface area (Å²) >= 11 is 1.39. The van der Waals surface area contributed by atoms with Crippen LogP contribution in [0.5, 0.6) is 0 Å². The van der Waals surface area contributed by atoms with Crippen LogP contribution in [0.2, 0.25) is 0 Å². The summed E-state index contributed by atoms with van der Waals surface area (Å²) in [6.07, 6.45) is 0. The highest BCUT2D eigenvalue weighted by molar-refractivity contribution is 7.99. The van der Waals surface area contributed by atoms with Crippen LogP contribution in [0.4, 0.5) is 0 Å². The number of nitrogens with zero attached hydrogens (tertiary/aromatic N) is 3. The van der Waals surface area contributed by atoms with Crippen molar-refractivity contribution in [2.45, 2.75) is 25.5 Å². The van der Waals surface area contributed by atoms with Crippen LogP contribution in [0, 0.1) is 13.8 Å². The maximum atomic E-state index is 12.2. The van der Waals surface area contributed by atoms with Crippen molar-refractivity contribution in [2.24, 2.45) is 7.05 Å². The molecule has 1 heterocycles. The number of thioether (sulfide) groups is 1. The number of hydrogen-bond acceptors (Lipinski definition) is 4. The molecule has 0 aliphatic rings. The number of rotatable bonds is 6. The van der Waals surface area contributed by atoms with Crippen LogP contribution >= 0.6 is 11.8 Å². The Bertz CT molecular complexity index is 920. The molecule has 3 rings (SSSR count). The highest BCUT2D eigenvalue weighted by Crippen LogP contribution is 2.24. The first-order chi connectivity index (χ1) is 12.6. The SMILES string of the molecule is Cc1ccccc1CNC(=O)CSc1nnc(-c2ccccc2C)n1C. The Hall–Kier alpha value is -2.60. The molecule has 0 atom stereocenters. The van der Waals surface area contributed by atoms with Crippen LogP contribution in [0.3, 0.4) is 0 Å². The van der Waals surface area contributed by atoms with Crippen molar-refractivity contribution >= 4 is 17.7 Å². The molecular formula is C20H22N4OS. The van der Waals surface area contributed by atoms with Crippen LogP contribution in [0.1, 0.15) is 16.7 Å². The zero-order valence-electron chi connectivity index (χ0n) is 15.2. The van der Waals surface area contributed by atoms with E-state index in [9.17, 15) is 4.79 Å². The molecule has 0 radical (unpaired) electrons. The van der Waals surface area contributed by atoms with Gasteiger partial charge in [-0.1, -0.05) is 60.3 Å². The first-order valence-corrected chi connectivity index (χ1v) is 9.44. The van der Waals surface area contributed by atoms with E-state index in [1.165, 1.54) is 17.3 Å². The minimum Gasteiger partial charge on any atom is -0.351 e. The molecule has 0 unspecified atom stereocenters. The van der Waals surface area contributed by atoms with Gasteiger partial charge in [0.1, 0.15) is 0 Å². The number of benzene rings is 2. The molecule has 134 valence electrons. The van der Waals surface area contributed by atoms with Crippen LogP contribution < -0.4 is 5.32 Å². The molecule has 2 aromatic carbocycles. The lowest BCUT2D eigenvalue weighted by atomic mass is 10.1. The van der Waals surface area contributed by atoms with E-state index in [1.54, 1.807) is 0 Å². The average molecular weight is 366 g/mol. The van der Waals surface area contributed by atoms with Crippen molar-refractivity contribution in [1.29, 1.82) is 0 Å². The largest absolute Gasteiger partial charge is 0.351 e. The second kappa shape index (κ2) is 8.19. The van der Waals surface area contributed by atoms with E-state index in [4.69, 9.17) is 0 Å². The number of carbonyl (C=O) groups is 1. The van der Waals surface area contributed by atoms with Gasteiger partial charge < -0.3 is 9.88 Å². The maximum absolute atomic E-state index is 12.2. The van der Waals surface area contributed by atoms with Gasteiger partial charge in [0.2, 0.25) is 5.91 Å². The zero-order chi connectivity index (χ0) is 18.5. The summed E-state index contributed by atoms with van der Waals surface area (Å²) in [5, 5.41) is 12.2. The smallest absolute Gasteiger partial charge is 0.230 e. The Morgan fingerprint density at radius 2 is 1.73 bits per heavy atom. The van der Waals surface area contributed by atoms with Crippen molar-refractivity contribution in [1.82, 2.24) is 20.1 Å². The summed E-state index contributed by atoms with van der Waals surface area (Å²) in [7, 11) is 1.93. The number of aryl methyl sites for hydroxylation is 2. The quantitative estimate of drug-likeness (QED) is 0.678. The highest BCUT2D eigenvalue weighted by Gasteiger charge is 2.14. The molecule has 1 amide bonds. The fraction of sp³-hybridized carbons (Fsp3) is 0.250. The third-order valence-electron chi connectivity index (χ3n) is 4.29. The Balaban J connectivity index is 1.59. The Labute approximate surface area is 157 Å². The third kappa shape index (κ3) is 4.14. The second-order valence-corrected chi connectivity index (χ2v) is 7.11. The summed E-state index contributed by atoms with van der Waals surface area (Å²) in [4.78, 5) is 12.2. The van der Waals surface area contributed by atoms with Crippen molar-refractivity contribution in [3.05, 3.63) is 65.2 Å². The van der Waals surface area contributed by atoms with Gasteiger partial charge in [-0.05, 0) is 30.5 Å². The minimum absolute atomic E-state index is 0.0151. The maximum Gasteiger partial charge on any atom is 0.230 e. The van der Waals surface area contributed by atoms with Gasteiger partial charge in [-0.25, -0.2) is 0 Å². The Morgan fingerprint density at radius 1 is 1.04 bits per heavy atom. The zero-order valence-corrected chi connectivity index (χ0v) is 16.0. The minimum atomic E-state index is -0.0151. The number of hydrogen-bond donors (Lipinski definition) is 1. The van der Waals surface area contributed by atoms with Gasteiger partial charge in [0.05, 0.1) is 5.75 Å². The molecule has 5 nitrogen and oxygen atoms in total. The van der Waals surface area contributed by atoms with Gasteiger partial charge in [-0.15, -0.1) is 10.2 Å². The van der Waals surface area contributed by atoms with Crippen LogP contribution in [0.25, 0.3) is 11.4 Å². The molecule has 0 bridgehead atoms. The fourth-order valence-electron chi connectivity index (χ4n) is 2.68. The van der Waals surface area contributed by atoms with Crippen LogP contribution in [-0.2, 0) is 18.4 Å². The Morgan fingerprint density at radius 3 is 2.46 bits per heavy atom. The van der Waals surface area contributed by atoms with E-state index < -0.39 is 0 Å². The summed E-state index contributed by atoms with van der Waals surface area (Å²) in [5.74, 6) is 1.11. The molecule has 3 aromatic rings. The first-order valence-electron chi connectivity index (χ1n) is 8.45. The molecule has 0 spiro atoms. The van der Waals surface area contributed by atoms with Crippen molar-refractivity contribution < 1.29 is 4.79 Å². The number of amides is 1. The summed E-state index contributed by atoms with van der Waals surface area (Å²) in [6.45, 7) is 4.64. The second-order valence-electron chi connectivity index (χ2n) is 6.17. The molecule has 0 aliphatic carbocycles. The fourth-order valence-corrected chi connectivity index (χ4v) is 3.42. The highest BCUT2D eigenvalue weighted by atomic mass is 32.2. The lowest BCUT2D eigenvalue weighted by molar-refractivity contribution is -0.118. The van der Waals surface area contributed by atoms with Gasteiger partial charge in [0.15, 0.2) is 11.0 Å². The van der Waals surface area contributed by atoms with E-state index in [0.717, 1.165) is 27.7 Å². The molecule has 0 aliphatic heterocycles. The number of nitrogens with one attached hydrogen (secondary N) is 1. The summed E-state index contributed by atoms with van der Waals surface area (Å²) in [6, 6.07) is 16.1. The van der Waals surface area contributed by atoms with Gasteiger partial charge >= 0.3 is 0 Å². The molecule has 6 heteroatoms. The molecule has 1 N–H and O–H groups in total. The standard InChI is InChI=1S/C20H22N4OS/c1-14-8-4-6-10-16(14)12-21-18(25)13-26-20-23-22-19(24(20)3)17-11-7-5-9-15(17)2/h4-11H,12-13H2,1-3H3,(H,21,25). The van der Waals surface area contributed by atoms with Crippen molar-refractivity contribution in [2.75, 3.05) is 5.75 Å². The lowest BCUT2D eigenvalue weighted by Gasteiger charge is -2.08. The van der Waals surface area contributed by atoms with Crippen molar-refractivity contribution in [3.8, 4) is 11.4 Å². The topological polar surface area (TPSA) is 59.8 Å². The van der Waals surface area contributed by atoms with Gasteiger partial charge in [-0.3, -0.25) is 4.79 Å². The number of carbonyl (C=O) groups excluding carboxylic acids is 1. The lowest BCUT2D eigenvalue weighted by Crippen LogP contribution is -2.25. The average Bonchev–Trinajstić information content (AvgIpc) is 3.00. The van der Waals surface area contributed by atoms with E-state index >= 15 is 0 Å². The van der Waals surface area contributed by atoms with Crippen LogP contribution in [0.15, 0.2) is 53.7 Å². The molecule has 0 saturated heterocycles. The molecule has 0 saturated carbocycles. The molecular weight excluding hydrogens is 344 g/mol. The Kier molecular flexibility index (Phi) is 5.73. The molecule has 0 fully saturated rings. The van der Waals surface area contributed by atoms with Gasteiger partial charge in [-0.2, -0.15) is 0 Å². The van der Waals surface area contributed by atoms with Crippen LogP contribution in [-0.4, -0.2) is 26.4 Å². The predicted molar refractivity (Wildman–Crippen MR) is 105 cm³/mol. The van der Waals surface area contributed by atoms with E-state index in [-0.39, 0.29) is 5.91 Å². The molecule has 26 heavy (non-hydrogen) atoms.